The summed E-state index contributed by atoms with van der Waals surface area (Å²) in [6.07, 6.45) is -0.705. The highest BCUT2D eigenvalue weighted by atomic mass is 16.6. The van der Waals surface area contributed by atoms with E-state index in [0.717, 1.165) is 0 Å². The first-order valence-electron chi connectivity index (χ1n) is 8.53. The van der Waals surface area contributed by atoms with Crippen molar-refractivity contribution in [2.75, 3.05) is 18.2 Å². The van der Waals surface area contributed by atoms with Crippen molar-refractivity contribution < 1.29 is 19.1 Å². The number of amides is 2. The predicted molar refractivity (Wildman–Crippen MR) is 108 cm³/mol. The molecular formula is C20H24N4O4. The largest absolute Gasteiger partial charge is 0.497 e. The Labute approximate surface area is 163 Å². The van der Waals surface area contributed by atoms with Crippen LogP contribution in [0.15, 0.2) is 42.5 Å². The number of anilines is 2. The van der Waals surface area contributed by atoms with Crippen molar-refractivity contribution in [2.45, 2.75) is 26.4 Å². The number of benzene rings is 2. The van der Waals surface area contributed by atoms with Gasteiger partial charge in [0.05, 0.1) is 12.7 Å². The number of nitrogens with two attached hydrogens (primary N) is 1. The van der Waals surface area contributed by atoms with E-state index in [2.05, 4.69) is 10.6 Å². The van der Waals surface area contributed by atoms with Crippen LogP contribution in [0.5, 0.6) is 5.75 Å². The van der Waals surface area contributed by atoms with Gasteiger partial charge in [0.15, 0.2) is 0 Å². The molecule has 0 aliphatic rings. The molecule has 28 heavy (non-hydrogen) atoms. The van der Waals surface area contributed by atoms with E-state index in [1.165, 1.54) is 7.11 Å². The van der Waals surface area contributed by atoms with Crippen LogP contribution in [0, 0.1) is 5.41 Å². The summed E-state index contributed by atoms with van der Waals surface area (Å²) in [4.78, 5) is 24.2. The van der Waals surface area contributed by atoms with Crippen molar-refractivity contribution >= 4 is 29.2 Å². The number of nitrogen functional groups attached to an aromatic ring is 1. The van der Waals surface area contributed by atoms with Crippen molar-refractivity contribution in [3.05, 3.63) is 53.6 Å². The van der Waals surface area contributed by atoms with Crippen LogP contribution in [0.4, 0.5) is 16.2 Å². The highest BCUT2D eigenvalue weighted by Crippen LogP contribution is 2.21. The predicted octanol–water partition coefficient (Wildman–Crippen LogP) is 3.38. The molecule has 0 aliphatic heterocycles. The Morgan fingerprint density at radius 1 is 1.07 bits per heavy atom. The van der Waals surface area contributed by atoms with Crippen molar-refractivity contribution in [3.63, 3.8) is 0 Å². The van der Waals surface area contributed by atoms with E-state index in [1.54, 1.807) is 63.2 Å². The third kappa shape index (κ3) is 5.73. The van der Waals surface area contributed by atoms with Crippen LogP contribution in [0.3, 0.4) is 0 Å². The van der Waals surface area contributed by atoms with Crippen molar-refractivity contribution in [1.29, 1.82) is 5.41 Å². The molecule has 2 aromatic carbocycles. The smallest absolute Gasteiger partial charge is 0.413 e. The number of alkyl carbamates (subject to hydrolysis) is 1. The van der Waals surface area contributed by atoms with Crippen LogP contribution in [0.25, 0.3) is 0 Å². The van der Waals surface area contributed by atoms with Gasteiger partial charge in [-0.15, -0.1) is 0 Å². The van der Waals surface area contributed by atoms with Gasteiger partial charge in [-0.1, -0.05) is 0 Å². The van der Waals surface area contributed by atoms with Crippen LogP contribution in [0.2, 0.25) is 0 Å². The lowest BCUT2D eigenvalue weighted by Gasteiger charge is -2.19. The number of hydrogen-bond donors (Lipinski definition) is 4. The van der Waals surface area contributed by atoms with E-state index in [0.29, 0.717) is 28.3 Å². The summed E-state index contributed by atoms with van der Waals surface area (Å²) >= 11 is 0. The maximum atomic E-state index is 12.4. The number of hydrogen-bond acceptors (Lipinski definition) is 6. The second-order valence-electron chi connectivity index (χ2n) is 6.99. The molecule has 0 bridgehead atoms. The van der Waals surface area contributed by atoms with E-state index < -0.39 is 11.7 Å². The van der Waals surface area contributed by atoms with Gasteiger partial charge in [0.25, 0.3) is 5.91 Å². The lowest BCUT2D eigenvalue weighted by Crippen LogP contribution is -2.36. The molecule has 0 saturated carbocycles. The molecule has 0 aliphatic carbocycles. The van der Waals surface area contributed by atoms with Crippen molar-refractivity contribution in [1.82, 2.24) is 5.32 Å². The first-order chi connectivity index (χ1) is 13.1. The summed E-state index contributed by atoms with van der Waals surface area (Å²) in [6.45, 7) is 5.22. The number of carbonyl (C=O) groups excluding carboxylic acids is 2. The van der Waals surface area contributed by atoms with Gasteiger partial charge in [0.1, 0.15) is 17.2 Å². The standard InChI is InChI=1S/C20H24N4O4/c1-20(2,3)28-19(26)24-17(22)12-5-7-13(8-6-12)23-18(25)15-11-14(27-4)9-10-16(15)21/h5-11H,21H2,1-4H3,(H,23,25)(H2,22,24,26). The van der Waals surface area contributed by atoms with Gasteiger partial charge in [-0.3, -0.25) is 15.5 Å². The van der Waals surface area contributed by atoms with E-state index in [4.69, 9.17) is 20.6 Å². The maximum Gasteiger partial charge on any atom is 0.413 e. The molecular weight excluding hydrogens is 360 g/mol. The summed E-state index contributed by atoms with van der Waals surface area (Å²) in [6, 6.07) is 11.3. The van der Waals surface area contributed by atoms with Crippen LogP contribution in [0.1, 0.15) is 36.7 Å². The SMILES string of the molecule is COc1ccc(N)c(C(=O)Nc2ccc(C(=N)NC(=O)OC(C)(C)C)cc2)c1. The third-order valence-corrected chi connectivity index (χ3v) is 3.56. The number of rotatable bonds is 4. The minimum absolute atomic E-state index is 0.107. The highest BCUT2D eigenvalue weighted by Gasteiger charge is 2.17. The molecule has 0 atom stereocenters. The fraction of sp³-hybridized carbons (Fsp3) is 0.250. The maximum absolute atomic E-state index is 12.4. The van der Waals surface area contributed by atoms with Crippen molar-refractivity contribution in [2.24, 2.45) is 0 Å². The zero-order valence-corrected chi connectivity index (χ0v) is 16.3. The molecule has 8 heteroatoms. The molecule has 8 nitrogen and oxygen atoms in total. The molecule has 5 N–H and O–H groups in total. The molecule has 0 heterocycles. The Kier molecular flexibility index (Phi) is 6.25. The van der Waals surface area contributed by atoms with Gasteiger partial charge in [-0.05, 0) is 63.2 Å². The number of amidine groups is 1. The van der Waals surface area contributed by atoms with E-state index in [1.807, 2.05) is 0 Å². The monoisotopic (exact) mass is 384 g/mol. The number of ether oxygens (including phenoxy) is 2. The lowest BCUT2D eigenvalue weighted by molar-refractivity contribution is 0.0563. The topological polar surface area (TPSA) is 127 Å². The second kappa shape index (κ2) is 8.43. The molecule has 0 unspecified atom stereocenters. The Morgan fingerprint density at radius 2 is 1.71 bits per heavy atom. The molecule has 0 saturated heterocycles. The average molecular weight is 384 g/mol. The van der Waals surface area contributed by atoms with Crippen LogP contribution < -0.4 is 21.1 Å². The van der Waals surface area contributed by atoms with Gasteiger partial charge < -0.3 is 20.5 Å². The minimum Gasteiger partial charge on any atom is -0.497 e. The minimum atomic E-state index is -0.705. The second-order valence-corrected chi connectivity index (χ2v) is 6.99. The first-order valence-corrected chi connectivity index (χ1v) is 8.53. The summed E-state index contributed by atoms with van der Waals surface area (Å²) in [7, 11) is 1.51. The summed E-state index contributed by atoms with van der Waals surface area (Å²) in [5.74, 6) is 0.0339. The van der Waals surface area contributed by atoms with E-state index in [9.17, 15) is 9.59 Å². The summed E-state index contributed by atoms with van der Waals surface area (Å²) in [5.41, 5.74) is 6.81. The summed E-state index contributed by atoms with van der Waals surface area (Å²) < 4.78 is 10.2. The average Bonchev–Trinajstić information content (AvgIpc) is 2.61. The fourth-order valence-electron chi connectivity index (χ4n) is 2.26. The fourth-order valence-corrected chi connectivity index (χ4v) is 2.26. The zero-order chi connectivity index (χ0) is 20.9. The Bertz CT molecular complexity index is 886. The quantitative estimate of drug-likeness (QED) is 0.365. The van der Waals surface area contributed by atoms with Gasteiger partial charge >= 0.3 is 6.09 Å². The Morgan fingerprint density at radius 3 is 2.29 bits per heavy atom. The van der Waals surface area contributed by atoms with Crippen LogP contribution >= 0.6 is 0 Å². The molecule has 0 spiro atoms. The van der Waals surface area contributed by atoms with E-state index in [-0.39, 0.29) is 11.7 Å². The zero-order valence-electron chi connectivity index (χ0n) is 16.3. The number of nitrogens with one attached hydrogen (secondary N) is 3. The first kappa shape index (κ1) is 20.8. The van der Waals surface area contributed by atoms with Crippen LogP contribution in [-0.2, 0) is 4.74 Å². The van der Waals surface area contributed by atoms with Gasteiger partial charge in [-0.2, -0.15) is 0 Å². The molecule has 148 valence electrons. The van der Waals surface area contributed by atoms with E-state index >= 15 is 0 Å². The van der Waals surface area contributed by atoms with Crippen molar-refractivity contribution in [3.8, 4) is 5.75 Å². The Balaban J connectivity index is 2.03. The van der Waals surface area contributed by atoms with Gasteiger partial charge in [-0.25, -0.2) is 4.79 Å². The molecule has 2 rings (SSSR count). The Hall–Kier alpha value is -3.55. The molecule has 2 aromatic rings. The highest BCUT2D eigenvalue weighted by molar-refractivity contribution is 6.08. The normalized spacial score (nSPS) is 10.7. The molecule has 0 radical (unpaired) electrons. The number of methoxy groups -OCH3 is 1. The lowest BCUT2D eigenvalue weighted by atomic mass is 10.1. The molecule has 0 aromatic heterocycles. The van der Waals surface area contributed by atoms with Crippen LogP contribution in [-0.4, -0.2) is 30.5 Å². The molecule has 0 fully saturated rings. The van der Waals surface area contributed by atoms with Gasteiger partial charge in [0.2, 0.25) is 0 Å². The molecule has 2 amide bonds. The third-order valence-electron chi connectivity index (χ3n) is 3.56. The summed E-state index contributed by atoms with van der Waals surface area (Å²) in [5, 5.41) is 13.1. The van der Waals surface area contributed by atoms with Gasteiger partial charge in [0, 0.05) is 16.9 Å². The number of carbonyl (C=O) groups is 2.